The van der Waals surface area contributed by atoms with Gasteiger partial charge >= 0.3 is 6.09 Å². The van der Waals surface area contributed by atoms with E-state index in [1.165, 1.54) is 4.90 Å². The molecule has 0 bridgehead atoms. The van der Waals surface area contributed by atoms with E-state index in [2.05, 4.69) is 4.99 Å². The summed E-state index contributed by atoms with van der Waals surface area (Å²) in [6.07, 6.45) is 3.18. The number of hydrogen-bond donors (Lipinski definition) is 1. The van der Waals surface area contributed by atoms with Crippen LogP contribution in [0.15, 0.2) is 16.8 Å². The molecular weight excluding hydrogens is 144 g/mol. The minimum Gasteiger partial charge on any atom is -0.465 e. The largest absolute Gasteiger partial charge is 0.465 e. The molecule has 0 saturated heterocycles. The van der Waals surface area contributed by atoms with Crippen molar-refractivity contribution < 1.29 is 9.90 Å². The van der Waals surface area contributed by atoms with Crippen molar-refractivity contribution in [3.8, 4) is 0 Å². The molecule has 0 unspecified atom stereocenters. The molecule has 1 rings (SSSR count). The SMILES string of the molecule is CCC1=CN(C(=O)O)CN=C1. The molecule has 11 heavy (non-hydrogen) atoms. The first-order valence-corrected chi connectivity index (χ1v) is 3.44. The van der Waals surface area contributed by atoms with E-state index in [1.54, 1.807) is 12.4 Å². The van der Waals surface area contributed by atoms with Gasteiger partial charge in [0, 0.05) is 12.4 Å². The van der Waals surface area contributed by atoms with E-state index in [1.807, 2.05) is 6.92 Å². The lowest BCUT2D eigenvalue weighted by molar-refractivity contribution is 0.163. The third-order valence-corrected chi connectivity index (χ3v) is 1.47. The van der Waals surface area contributed by atoms with Gasteiger partial charge in [-0.3, -0.25) is 9.89 Å². The van der Waals surface area contributed by atoms with Crippen molar-refractivity contribution in [1.82, 2.24) is 4.90 Å². The number of nitrogens with zero attached hydrogens (tertiary/aromatic N) is 2. The summed E-state index contributed by atoms with van der Waals surface area (Å²) in [5, 5.41) is 8.56. The molecule has 0 atom stereocenters. The first-order valence-electron chi connectivity index (χ1n) is 3.44. The molecule has 0 fully saturated rings. The van der Waals surface area contributed by atoms with Crippen LogP contribution in [0.2, 0.25) is 0 Å². The summed E-state index contributed by atoms with van der Waals surface area (Å²) in [4.78, 5) is 15.5. The van der Waals surface area contributed by atoms with E-state index in [0.29, 0.717) is 0 Å². The van der Waals surface area contributed by atoms with Crippen molar-refractivity contribution >= 4 is 12.3 Å². The molecule has 4 heteroatoms. The maximum Gasteiger partial charge on any atom is 0.412 e. The van der Waals surface area contributed by atoms with E-state index in [0.717, 1.165) is 12.0 Å². The van der Waals surface area contributed by atoms with Gasteiger partial charge in [-0.25, -0.2) is 4.79 Å². The molecular formula is C7H10N2O2. The highest BCUT2D eigenvalue weighted by Crippen LogP contribution is 2.05. The number of allylic oxidation sites excluding steroid dienone is 1. The minimum atomic E-state index is -0.951. The van der Waals surface area contributed by atoms with Crippen molar-refractivity contribution in [1.29, 1.82) is 0 Å². The summed E-state index contributed by atoms with van der Waals surface area (Å²) >= 11 is 0. The molecule has 1 aliphatic rings. The smallest absolute Gasteiger partial charge is 0.412 e. The second kappa shape index (κ2) is 3.18. The highest BCUT2D eigenvalue weighted by molar-refractivity contribution is 5.81. The number of carbonyl (C=O) groups is 1. The van der Waals surface area contributed by atoms with Crippen molar-refractivity contribution in [2.45, 2.75) is 13.3 Å². The Morgan fingerprint density at radius 2 is 2.64 bits per heavy atom. The fourth-order valence-electron chi connectivity index (χ4n) is 0.819. The Morgan fingerprint density at radius 1 is 1.91 bits per heavy atom. The van der Waals surface area contributed by atoms with Gasteiger partial charge < -0.3 is 5.11 Å². The maximum atomic E-state index is 10.4. The van der Waals surface area contributed by atoms with Crippen molar-refractivity contribution in [3.05, 3.63) is 11.8 Å². The molecule has 1 N–H and O–H groups in total. The van der Waals surface area contributed by atoms with Crippen LogP contribution < -0.4 is 0 Å². The van der Waals surface area contributed by atoms with Gasteiger partial charge in [0.25, 0.3) is 0 Å². The predicted molar refractivity (Wildman–Crippen MR) is 41.6 cm³/mol. The third kappa shape index (κ3) is 1.80. The second-order valence-corrected chi connectivity index (χ2v) is 2.26. The number of hydrogen-bond acceptors (Lipinski definition) is 2. The van der Waals surface area contributed by atoms with Gasteiger partial charge in [-0.05, 0) is 12.0 Å². The molecule has 4 nitrogen and oxygen atoms in total. The summed E-state index contributed by atoms with van der Waals surface area (Å²) in [5.74, 6) is 0. The molecule has 0 aromatic carbocycles. The monoisotopic (exact) mass is 154 g/mol. The van der Waals surface area contributed by atoms with Crippen molar-refractivity contribution in [2.24, 2.45) is 4.99 Å². The average Bonchev–Trinajstić information content (AvgIpc) is 2.05. The standard InChI is InChI=1S/C7H10N2O2/c1-2-6-3-8-5-9(4-6)7(10)11/h3-4H,2,5H2,1H3,(H,10,11). The molecule has 1 amide bonds. The zero-order valence-electron chi connectivity index (χ0n) is 6.32. The fourth-order valence-corrected chi connectivity index (χ4v) is 0.819. The Labute approximate surface area is 64.8 Å². The lowest BCUT2D eigenvalue weighted by Gasteiger charge is -2.16. The predicted octanol–water partition coefficient (Wildman–Crippen LogP) is 1.30. The van der Waals surface area contributed by atoms with Gasteiger partial charge in [0.15, 0.2) is 0 Å². The van der Waals surface area contributed by atoms with Crippen LogP contribution >= 0.6 is 0 Å². The lowest BCUT2D eigenvalue weighted by atomic mass is 10.2. The summed E-state index contributed by atoms with van der Waals surface area (Å²) < 4.78 is 0. The molecule has 0 aliphatic carbocycles. The van der Waals surface area contributed by atoms with Crippen molar-refractivity contribution in [3.63, 3.8) is 0 Å². The molecule has 0 saturated carbocycles. The van der Waals surface area contributed by atoms with Gasteiger partial charge in [-0.15, -0.1) is 0 Å². The first kappa shape index (κ1) is 7.78. The Hall–Kier alpha value is -1.32. The van der Waals surface area contributed by atoms with Gasteiger partial charge in [0.05, 0.1) is 0 Å². The van der Waals surface area contributed by atoms with Crippen LogP contribution in [-0.4, -0.2) is 29.0 Å². The lowest BCUT2D eigenvalue weighted by Crippen LogP contribution is -2.26. The third-order valence-electron chi connectivity index (χ3n) is 1.47. The van der Waals surface area contributed by atoms with Crippen LogP contribution in [-0.2, 0) is 0 Å². The Bertz CT molecular complexity index is 220. The maximum absolute atomic E-state index is 10.4. The van der Waals surface area contributed by atoms with E-state index in [4.69, 9.17) is 5.11 Å². The number of carboxylic acid groups (broad SMARTS) is 1. The molecule has 0 aromatic heterocycles. The minimum absolute atomic E-state index is 0.221. The van der Waals surface area contributed by atoms with Gasteiger partial charge in [-0.1, -0.05) is 6.92 Å². The molecule has 1 heterocycles. The normalized spacial score (nSPS) is 16.5. The fraction of sp³-hybridized carbons (Fsp3) is 0.429. The van der Waals surface area contributed by atoms with Crippen LogP contribution in [0.5, 0.6) is 0 Å². The topological polar surface area (TPSA) is 52.9 Å². The molecule has 0 radical (unpaired) electrons. The van der Waals surface area contributed by atoms with Crippen LogP contribution in [0.1, 0.15) is 13.3 Å². The van der Waals surface area contributed by atoms with Crippen LogP contribution in [0.25, 0.3) is 0 Å². The number of amides is 1. The van der Waals surface area contributed by atoms with E-state index < -0.39 is 6.09 Å². The van der Waals surface area contributed by atoms with Crippen LogP contribution in [0.4, 0.5) is 4.79 Å². The summed E-state index contributed by atoms with van der Waals surface area (Å²) in [5.41, 5.74) is 0.943. The molecule has 0 aromatic rings. The van der Waals surface area contributed by atoms with E-state index >= 15 is 0 Å². The number of rotatable bonds is 1. The van der Waals surface area contributed by atoms with Crippen LogP contribution in [0, 0.1) is 0 Å². The molecule has 0 spiro atoms. The molecule has 60 valence electrons. The average molecular weight is 154 g/mol. The highest BCUT2D eigenvalue weighted by Gasteiger charge is 2.10. The quantitative estimate of drug-likeness (QED) is 0.619. The summed E-state index contributed by atoms with van der Waals surface area (Å²) in [6, 6.07) is 0. The van der Waals surface area contributed by atoms with E-state index in [9.17, 15) is 4.79 Å². The second-order valence-electron chi connectivity index (χ2n) is 2.26. The number of aliphatic imine (C=N–C) groups is 1. The van der Waals surface area contributed by atoms with E-state index in [-0.39, 0.29) is 6.67 Å². The zero-order chi connectivity index (χ0) is 8.27. The van der Waals surface area contributed by atoms with Gasteiger partial charge in [0.2, 0.25) is 0 Å². The molecule has 1 aliphatic heterocycles. The van der Waals surface area contributed by atoms with Gasteiger partial charge in [-0.2, -0.15) is 0 Å². The summed E-state index contributed by atoms with van der Waals surface area (Å²) in [6.45, 7) is 2.18. The van der Waals surface area contributed by atoms with Crippen LogP contribution in [0.3, 0.4) is 0 Å². The summed E-state index contributed by atoms with van der Waals surface area (Å²) in [7, 11) is 0. The Balaban J connectivity index is 2.68. The van der Waals surface area contributed by atoms with Gasteiger partial charge in [0.1, 0.15) is 6.67 Å². The Morgan fingerprint density at radius 3 is 3.18 bits per heavy atom. The first-order chi connectivity index (χ1) is 5.24. The van der Waals surface area contributed by atoms with Crippen molar-refractivity contribution in [2.75, 3.05) is 6.67 Å². The highest BCUT2D eigenvalue weighted by atomic mass is 16.4. The Kier molecular flexibility index (Phi) is 2.25. The zero-order valence-corrected chi connectivity index (χ0v) is 6.32.